The van der Waals surface area contributed by atoms with Gasteiger partial charge in [-0.25, -0.2) is 9.37 Å². The Morgan fingerprint density at radius 2 is 2.03 bits per heavy atom. The van der Waals surface area contributed by atoms with Crippen molar-refractivity contribution in [2.75, 3.05) is 18.0 Å². The van der Waals surface area contributed by atoms with Crippen LogP contribution in [-0.2, 0) is 6.54 Å². The number of pyridine rings is 1. The molecule has 2 atom stereocenters. The highest BCUT2D eigenvalue weighted by atomic mass is 35.5. The first kappa shape index (κ1) is 21.6. The molecule has 1 fully saturated rings. The minimum atomic E-state index is -1.02. The molecule has 10 heteroatoms. The van der Waals surface area contributed by atoms with Crippen molar-refractivity contribution in [2.45, 2.75) is 25.2 Å². The molecular formula is C19H18Cl3FN6. The molecule has 1 aliphatic heterocycles. The van der Waals surface area contributed by atoms with Gasteiger partial charge in [-0.1, -0.05) is 23.2 Å². The highest BCUT2D eigenvalue weighted by Gasteiger charge is 2.29. The maximum absolute atomic E-state index is 13.8. The SMILES string of the molecule is Cl.N#Cc1ccc(Cn2c(N3CC[C@H](F)[C@H](N)C3)nc3cc(Cl)c(Cl)cc32)nc1. The lowest BCUT2D eigenvalue weighted by Gasteiger charge is -2.34. The van der Waals surface area contributed by atoms with Crippen molar-refractivity contribution >= 4 is 52.6 Å². The van der Waals surface area contributed by atoms with Gasteiger partial charge >= 0.3 is 0 Å². The van der Waals surface area contributed by atoms with Crippen molar-refractivity contribution in [3.63, 3.8) is 0 Å². The van der Waals surface area contributed by atoms with Crippen molar-refractivity contribution in [2.24, 2.45) is 5.73 Å². The van der Waals surface area contributed by atoms with Crippen LogP contribution in [0.25, 0.3) is 11.0 Å². The van der Waals surface area contributed by atoms with E-state index >= 15 is 0 Å². The third kappa shape index (κ3) is 4.26. The number of hydrogen-bond donors (Lipinski definition) is 1. The predicted octanol–water partition coefficient (Wildman–Crippen LogP) is 3.96. The molecule has 1 saturated heterocycles. The van der Waals surface area contributed by atoms with Gasteiger partial charge < -0.3 is 15.2 Å². The van der Waals surface area contributed by atoms with Gasteiger partial charge in [0.1, 0.15) is 12.2 Å². The minimum absolute atomic E-state index is 0. The van der Waals surface area contributed by atoms with Crippen LogP contribution in [0.3, 0.4) is 0 Å². The van der Waals surface area contributed by atoms with E-state index in [9.17, 15) is 4.39 Å². The summed E-state index contributed by atoms with van der Waals surface area (Å²) in [7, 11) is 0. The first-order chi connectivity index (χ1) is 13.5. The van der Waals surface area contributed by atoms with Crippen LogP contribution in [0.1, 0.15) is 17.7 Å². The molecule has 4 rings (SSSR count). The second-order valence-electron chi connectivity index (χ2n) is 6.82. The second kappa shape index (κ2) is 8.72. The number of nitriles is 1. The number of halogens is 4. The van der Waals surface area contributed by atoms with Gasteiger partial charge in [0.05, 0.1) is 44.9 Å². The first-order valence-corrected chi connectivity index (χ1v) is 9.57. The number of alkyl halides is 1. The van der Waals surface area contributed by atoms with E-state index in [2.05, 4.69) is 11.1 Å². The van der Waals surface area contributed by atoms with Gasteiger partial charge in [0.15, 0.2) is 0 Å². The van der Waals surface area contributed by atoms with Crippen molar-refractivity contribution in [1.29, 1.82) is 5.26 Å². The Morgan fingerprint density at radius 3 is 2.69 bits per heavy atom. The van der Waals surface area contributed by atoms with Gasteiger partial charge in [0.25, 0.3) is 0 Å². The zero-order valence-electron chi connectivity index (χ0n) is 15.2. The molecule has 0 unspecified atom stereocenters. The number of piperidine rings is 1. The van der Waals surface area contributed by atoms with Crippen LogP contribution in [0, 0.1) is 11.3 Å². The monoisotopic (exact) mass is 454 g/mol. The van der Waals surface area contributed by atoms with Gasteiger partial charge in [0.2, 0.25) is 5.95 Å². The molecule has 2 aromatic heterocycles. The lowest BCUT2D eigenvalue weighted by atomic mass is 10.1. The van der Waals surface area contributed by atoms with E-state index in [0.717, 1.165) is 11.2 Å². The van der Waals surface area contributed by atoms with Crippen LogP contribution in [0.4, 0.5) is 10.3 Å². The standard InChI is InChI=1S/C19H17Cl2FN6.ClH/c20-13-5-17-18(6-14(13)21)28(9-12-2-1-11(7-23)8-25-12)19(26-17)27-4-3-15(22)16(24)10-27;/h1-2,5-6,8,15-16H,3-4,9-10,24H2;1H/t15-,16+;/m0./s1. The van der Waals surface area contributed by atoms with Crippen molar-refractivity contribution in [3.8, 4) is 6.07 Å². The van der Waals surface area contributed by atoms with Crippen molar-refractivity contribution in [1.82, 2.24) is 14.5 Å². The van der Waals surface area contributed by atoms with E-state index in [1.807, 2.05) is 9.47 Å². The lowest BCUT2D eigenvalue weighted by Crippen LogP contribution is -2.50. The number of rotatable bonds is 3. The van der Waals surface area contributed by atoms with Gasteiger partial charge in [-0.3, -0.25) is 4.98 Å². The van der Waals surface area contributed by atoms with Crippen LogP contribution >= 0.6 is 35.6 Å². The van der Waals surface area contributed by atoms with Crippen LogP contribution in [-0.4, -0.2) is 39.8 Å². The number of hydrogen-bond acceptors (Lipinski definition) is 5. The average Bonchev–Trinajstić information content (AvgIpc) is 3.02. The number of nitrogens with zero attached hydrogens (tertiary/aromatic N) is 5. The van der Waals surface area contributed by atoms with Gasteiger partial charge in [0, 0.05) is 19.3 Å². The summed E-state index contributed by atoms with van der Waals surface area (Å²) >= 11 is 12.4. The highest BCUT2D eigenvalue weighted by Crippen LogP contribution is 2.32. The summed E-state index contributed by atoms with van der Waals surface area (Å²) in [5, 5.41) is 9.80. The van der Waals surface area contributed by atoms with E-state index in [4.69, 9.17) is 39.2 Å². The third-order valence-electron chi connectivity index (χ3n) is 4.90. The van der Waals surface area contributed by atoms with Crippen LogP contribution in [0.5, 0.6) is 0 Å². The average molecular weight is 456 g/mol. The summed E-state index contributed by atoms with van der Waals surface area (Å²) in [4.78, 5) is 11.0. The molecule has 0 bridgehead atoms. The van der Waals surface area contributed by atoms with Gasteiger partial charge in [-0.05, 0) is 30.7 Å². The number of imidazole rings is 1. The molecular weight excluding hydrogens is 438 g/mol. The first-order valence-electron chi connectivity index (χ1n) is 8.81. The van der Waals surface area contributed by atoms with Crippen LogP contribution in [0.15, 0.2) is 30.5 Å². The second-order valence-corrected chi connectivity index (χ2v) is 7.63. The lowest BCUT2D eigenvalue weighted by molar-refractivity contribution is 0.243. The molecule has 0 spiro atoms. The Morgan fingerprint density at radius 1 is 1.28 bits per heavy atom. The maximum atomic E-state index is 13.8. The molecule has 152 valence electrons. The fourth-order valence-electron chi connectivity index (χ4n) is 3.39. The zero-order valence-corrected chi connectivity index (χ0v) is 17.6. The molecule has 1 aromatic carbocycles. The normalized spacial score (nSPS) is 19.1. The number of fused-ring (bicyclic) bond motifs is 1. The third-order valence-corrected chi connectivity index (χ3v) is 5.62. The van der Waals surface area contributed by atoms with E-state index in [-0.39, 0.29) is 12.4 Å². The predicted molar refractivity (Wildman–Crippen MR) is 115 cm³/mol. The van der Waals surface area contributed by atoms with E-state index in [1.54, 1.807) is 24.3 Å². The summed E-state index contributed by atoms with van der Waals surface area (Å²) in [5.41, 5.74) is 8.68. The number of anilines is 1. The fraction of sp³-hybridized carbons (Fsp3) is 0.316. The highest BCUT2D eigenvalue weighted by molar-refractivity contribution is 6.42. The fourth-order valence-corrected chi connectivity index (χ4v) is 3.70. The van der Waals surface area contributed by atoms with Crippen LogP contribution in [0.2, 0.25) is 10.0 Å². The number of nitrogens with two attached hydrogens (primary N) is 1. The van der Waals surface area contributed by atoms with E-state index < -0.39 is 12.2 Å². The zero-order chi connectivity index (χ0) is 19.8. The summed E-state index contributed by atoms with van der Waals surface area (Å²) in [6.07, 6.45) is 0.863. The van der Waals surface area contributed by atoms with Gasteiger partial charge in [-0.2, -0.15) is 5.26 Å². The molecule has 0 amide bonds. The molecule has 29 heavy (non-hydrogen) atoms. The summed E-state index contributed by atoms with van der Waals surface area (Å²) < 4.78 is 15.8. The van der Waals surface area contributed by atoms with Crippen molar-refractivity contribution in [3.05, 3.63) is 51.8 Å². The van der Waals surface area contributed by atoms with Gasteiger partial charge in [-0.15, -0.1) is 12.4 Å². The van der Waals surface area contributed by atoms with E-state index in [0.29, 0.717) is 53.1 Å². The largest absolute Gasteiger partial charge is 0.340 e. The smallest absolute Gasteiger partial charge is 0.206 e. The molecule has 2 N–H and O–H groups in total. The molecule has 0 saturated carbocycles. The summed E-state index contributed by atoms with van der Waals surface area (Å²) in [5.74, 6) is 0.668. The minimum Gasteiger partial charge on any atom is -0.340 e. The number of aromatic nitrogens is 3. The topological polar surface area (TPSA) is 83.8 Å². The maximum Gasteiger partial charge on any atom is 0.206 e. The summed E-state index contributed by atoms with van der Waals surface area (Å²) in [6.45, 7) is 1.30. The summed E-state index contributed by atoms with van der Waals surface area (Å²) in [6, 6.07) is 8.48. The number of benzene rings is 1. The molecule has 0 radical (unpaired) electrons. The Balaban J connectivity index is 0.00000240. The molecule has 3 heterocycles. The Hall–Kier alpha value is -2.11. The van der Waals surface area contributed by atoms with Crippen LogP contribution < -0.4 is 10.6 Å². The van der Waals surface area contributed by atoms with Crippen molar-refractivity contribution < 1.29 is 4.39 Å². The molecule has 1 aliphatic rings. The quantitative estimate of drug-likeness (QED) is 0.646. The molecule has 0 aliphatic carbocycles. The van der Waals surface area contributed by atoms with E-state index in [1.165, 1.54) is 6.20 Å². The molecule has 3 aromatic rings. The Bertz CT molecular complexity index is 1060. The Labute approximate surface area is 183 Å². The molecule has 6 nitrogen and oxygen atoms in total. The Kier molecular flexibility index (Phi) is 6.49.